The molecule has 0 N–H and O–H groups in total. The molecule has 0 atom stereocenters. The lowest BCUT2D eigenvalue weighted by atomic mass is 9.91. The first-order valence-corrected chi connectivity index (χ1v) is 8.42. The normalized spacial score (nSPS) is 10.4. The van der Waals surface area contributed by atoms with Gasteiger partial charge in [0.15, 0.2) is 23.0 Å². The summed E-state index contributed by atoms with van der Waals surface area (Å²) >= 11 is 0. The van der Waals surface area contributed by atoms with Crippen molar-refractivity contribution in [2.24, 2.45) is 0 Å². The van der Waals surface area contributed by atoms with E-state index in [0.717, 1.165) is 34.1 Å². The Labute approximate surface area is 150 Å². The van der Waals surface area contributed by atoms with Crippen LogP contribution in [0.25, 0.3) is 0 Å². The first kappa shape index (κ1) is 18.7. The number of rotatable bonds is 9. The zero-order valence-corrected chi connectivity index (χ0v) is 15.4. The Hall–Kier alpha value is -2.62. The van der Waals surface area contributed by atoms with Crippen LogP contribution in [0.3, 0.4) is 0 Å². The molecular weight excluding hydrogens is 316 g/mol. The van der Waals surface area contributed by atoms with E-state index in [4.69, 9.17) is 18.9 Å². The van der Waals surface area contributed by atoms with Gasteiger partial charge in [-0.2, -0.15) is 0 Å². The van der Waals surface area contributed by atoms with Crippen molar-refractivity contribution in [3.63, 3.8) is 0 Å². The van der Waals surface area contributed by atoms with Crippen LogP contribution in [-0.4, -0.2) is 27.4 Å². The molecule has 0 unspecified atom stereocenters. The van der Waals surface area contributed by atoms with E-state index >= 15 is 0 Å². The van der Waals surface area contributed by atoms with Gasteiger partial charge in [0.05, 0.1) is 27.4 Å². The quantitative estimate of drug-likeness (QED) is 0.612. The molecule has 0 radical (unpaired) electrons. The molecule has 25 heavy (non-hydrogen) atoms. The fraction of sp³-hybridized carbons (Fsp3) is 0.333. The number of allylic oxidation sites excluding steroid dienone is 1. The summed E-state index contributed by atoms with van der Waals surface area (Å²) in [6, 6.07) is 11.9. The van der Waals surface area contributed by atoms with Gasteiger partial charge in [0.25, 0.3) is 0 Å². The molecule has 0 aromatic heterocycles. The highest BCUT2D eigenvalue weighted by atomic mass is 16.5. The minimum Gasteiger partial charge on any atom is -0.493 e. The van der Waals surface area contributed by atoms with Crippen molar-refractivity contribution < 1.29 is 18.9 Å². The summed E-state index contributed by atoms with van der Waals surface area (Å²) in [5.74, 6) is 2.91. The van der Waals surface area contributed by atoms with Crippen LogP contribution in [-0.2, 0) is 0 Å². The second kappa shape index (κ2) is 9.02. The third-order valence-electron chi connectivity index (χ3n) is 3.93. The minimum atomic E-state index is 0.00947. The Morgan fingerprint density at radius 2 is 1.24 bits per heavy atom. The molecule has 0 aliphatic carbocycles. The summed E-state index contributed by atoms with van der Waals surface area (Å²) < 4.78 is 22.1. The van der Waals surface area contributed by atoms with Gasteiger partial charge in [0, 0.05) is 5.92 Å². The van der Waals surface area contributed by atoms with E-state index in [1.54, 1.807) is 14.2 Å². The van der Waals surface area contributed by atoms with Gasteiger partial charge in [-0.15, -0.1) is 6.58 Å². The number of hydrogen-bond donors (Lipinski definition) is 0. The second-order valence-electron chi connectivity index (χ2n) is 5.40. The monoisotopic (exact) mass is 342 g/mol. The second-order valence-corrected chi connectivity index (χ2v) is 5.40. The molecule has 2 rings (SSSR count). The summed E-state index contributed by atoms with van der Waals surface area (Å²) in [6.07, 6.45) is 1.91. The molecule has 0 spiro atoms. The Morgan fingerprint density at radius 1 is 0.800 bits per heavy atom. The lowest BCUT2D eigenvalue weighted by Gasteiger charge is -2.18. The van der Waals surface area contributed by atoms with Gasteiger partial charge < -0.3 is 18.9 Å². The van der Waals surface area contributed by atoms with Crippen LogP contribution in [0.2, 0.25) is 0 Å². The molecule has 0 aliphatic rings. The molecule has 2 aromatic rings. The standard InChI is InChI=1S/C21H26O4/c1-6-17(15-9-11-18(22-4)20(13-15)24-7-2)16-10-12-19(23-5)21(14-16)25-8-3/h6,9-14,17H,1,7-8H2,2-5H3. The first-order valence-electron chi connectivity index (χ1n) is 8.42. The van der Waals surface area contributed by atoms with E-state index in [9.17, 15) is 0 Å². The van der Waals surface area contributed by atoms with Crippen molar-refractivity contribution in [1.82, 2.24) is 0 Å². The van der Waals surface area contributed by atoms with Gasteiger partial charge >= 0.3 is 0 Å². The third kappa shape index (κ3) is 4.27. The summed E-state index contributed by atoms with van der Waals surface area (Å²) in [7, 11) is 3.28. The molecule has 134 valence electrons. The zero-order chi connectivity index (χ0) is 18.2. The number of ether oxygens (including phenoxy) is 4. The van der Waals surface area contributed by atoms with E-state index in [0.29, 0.717) is 13.2 Å². The highest BCUT2D eigenvalue weighted by molar-refractivity contribution is 5.50. The van der Waals surface area contributed by atoms with Crippen molar-refractivity contribution in [3.8, 4) is 23.0 Å². The fourth-order valence-corrected chi connectivity index (χ4v) is 2.77. The van der Waals surface area contributed by atoms with Crippen LogP contribution >= 0.6 is 0 Å². The topological polar surface area (TPSA) is 36.9 Å². The number of methoxy groups -OCH3 is 2. The maximum atomic E-state index is 5.69. The molecule has 4 nitrogen and oxygen atoms in total. The molecule has 0 aliphatic heterocycles. The van der Waals surface area contributed by atoms with E-state index < -0.39 is 0 Å². The van der Waals surface area contributed by atoms with Gasteiger partial charge in [-0.25, -0.2) is 0 Å². The molecule has 0 saturated carbocycles. The smallest absolute Gasteiger partial charge is 0.161 e. The molecular formula is C21H26O4. The Balaban J connectivity index is 2.44. The lowest BCUT2D eigenvalue weighted by molar-refractivity contribution is 0.310. The van der Waals surface area contributed by atoms with Gasteiger partial charge in [0.2, 0.25) is 0 Å². The Bertz CT molecular complexity index is 652. The summed E-state index contributed by atoms with van der Waals surface area (Å²) in [5, 5.41) is 0. The van der Waals surface area contributed by atoms with Crippen molar-refractivity contribution in [3.05, 3.63) is 60.2 Å². The van der Waals surface area contributed by atoms with Gasteiger partial charge in [-0.3, -0.25) is 0 Å². The van der Waals surface area contributed by atoms with Crippen molar-refractivity contribution in [2.45, 2.75) is 19.8 Å². The highest BCUT2D eigenvalue weighted by Gasteiger charge is 2.16. The van der Waals surface area contributed by atoms with Gasteiger partial charge in [-0.05, 0) is 49.2 Å². The lowest BCUT2D eigenvalue weighted by Crippen LogP contribution is -2.02. The average Bonchev–Trinajstić information content (AvgIpc) is 2.63. The fourth-order valence-electron chi connectivity index (χ4n) is 2.77. The van der Waals surface area contributed by atoms with E-state index in [2.05, 4.69) is 6.58 Å². The number of benzene rings is 2. The molecule has 0 amide bonds. The van der Waals surface area contributed by atoms with E-state index in [1.807, 2.05) is 56.3 Å². The largest absolute Gasteiger partial charge is 0.493 e. The molecule has 0 fully saturated rings. The molecule has 0 saturated heterocycles. The maximum absolute atomic E-state index is 5.69. The van der Waals surface area contributed by atoms with Crippen LogP contribution in [0, 0.1) is 0 Å². The number of hydrogen-bond acceptors (Lipinski definition) is 4. The Kier molecular flexibility index (Phi) is 6.75. The predicted octanol–water partition coefficient (Wildman–Crippen LogP) is 4.82. The van der Waals surface area contributed by atoms with Crippen LogP contribution in [0.1, 0.15) is 30.9 Å². The van der Waals surface area contributed by atoms with Gasteiger partial charge in [0.1, 0.15) is 0 Å². The van der Waals surface area contributed by atoms with Crippen molar-refractivity contribution >= 4 is 0 Å². The van der Waals surface area contributed by atoms with E-state index in [1.165, 1.54) is 0 Å². The van der Waals surface area contributed by atoms with Crippen LogP contribution in [0.15, 0.2) is 49.1 Å². The SMILES string of the molecule is C=CC(c1ccc(OC)c(OCC)c1)c1ccc(OC)c(OCC)c1. The van der Waals surface area contributed by atoms with Crippen LogP contribution < -0.4 is 18.9 Å². The maximum Gasteiger partial charge on any atom is 0.161 e. The average molecular weight is 342 g/mol. The molecule has 4 heteroatoms. The molecule has 2 aromatic carbocycles. The Morgan fingerprint density at radius 3 is 1.56 bits per heavy atom. The minimum absolute atomic E-state index is 0.00947. The van der Waals surface area contributed by atoms with Crippen molar-refractivity contribution in [1.29, 1.82) is 0 Å². The summed E-state index contributed by atoms with van der Waals surface area (Å²) in [4.78, 5) is 0. The highest BCUT2D eigenvalue weighted by Crippen LogP contribution is 2.37. The van der Waals surface area contributed by atoms with Gasteiger partial charge in [-0.1, -0.05) is 18.2 Å². The predicted molar refractivity (Wildman–Crippen MR) is 100 cm³/mol. The van der Waals surface area contributed by atoms with Crippen LogP contribution in [0.5, 0.6) is 23.0 Å². The van der Waals surface area contributed by atoms with Crippen LogP contribution in [0.4, 0.5) is 0 Å². The molecule has 0 bridgehead atoms. The van der Waals surface area contributed by atoms with Crippen molar-refractivity contribution in [2.75, 3.05) is 27.4 Å². The first-order chi connectivity index (χ1) is 12.2. The zero-order valence-electron chi connectivity index (χ0n) is 15.4. The molecule has 0 heterocycles. The third-order valence-corrected chi connectivity index (χ3v) is 3.93. The summed E-state index contributed by atoms with van der Waals surface area (Å²) in [5.41, 5.74) is 2.15. The summed E-state index contributed by atoms with van der Waals surface area (Å²) in [6.45, 7) is 9.07. The van der Waals surface area contributed by atoms with E-state index in [-0.39, 0.29) is 5.92 Å².